The number of aliphatic imine (C=N–C) groups is 1. The molecule has 0 aliphatic heterocycles. The fourth-order valence-corrected chi connectivity index (χ4v) is 3.52. The third kappa shape index (κ3) is 7.31. The van der Waals surface area contributed by atoms with Crippen LogP contribution in [0.3, 0.4) is 0 Å². The molecule has 8 heteroatoms. The van der Waals surface area contributed by atoms with Gasteiger partial charge in [-0.05, 0) is 58.6 Å². The lowest BCUT2D eigenvalue weighted by Gasteiger charge is -2.31. The molecule has 0 unspecified atom stereocenters. The fraction of sp³-hybridized carbons (Fsp3) is 0.522. The second kappa shape index (κ2) is 10.3. The van der Waals surface area contributed by atoms with Crippen molar-refractivity contribution in [1.29, 1.82) is 0 Å². The van der Waals surface area contributed by atoms with E-state index in [1.54, 1.807) is 13.3 Å². The van der Waals surface area contributed by atoms with Crippen LogP contribution in [0.25, 0.3) is 11.5 Å². The zero-order chi connectivity index (χ0) is 22.3. The van der Waals surface area contributed by atoms with Crippen LogP contribution in [-0.4, -0.2) is 41.8 Å². The van der Waals surface area contributed by atoms with Crippen LogP contribution in [0.1, 0.15) is 52.1 Å². The first-order valence-electron chi connectivity index (χ1n) is 10.8. The summed E-state index contributed by atoms with van der Waals surface area (Å²) in [7, 11) is 1.75. The van der Waals surface area contributed by atoms with E-state index in [0.29, 0.717) is 18.5 Å². The van der Waals surface area contributed by atoms with Gasteiger partial charge in [0.05, 0.1) is 12.2 Å². The van der Waals surface area contributed by atoms with Crippen LogP contribution >= 0.6 is 0 Å². The number of ether oxygens (including phenoxy) is 1. The van der Waals surface area contributed by atoms with Gasteiger partial charge in [-0.2, -0.15) is 0 Å². The second-order valence-electron chi connectivity index (χ2n) is 8.77. The predicted molar refractivity (Wildman–Crippen MR) is 121 cm³/mol. The summed E-state index contributed by atoms with van der Waals surface area (Å²) in [5.74, 6) is 1.34. The number of carbonyl (C=O) groups is 1. The van der Waals surface area contributed by atoms with Crippen molar-refractivity contribution in [2.75, 3.05) is 7.05 Å². The predicted octanol–water partition coefficient (Wildman–Crippen LogP) is 3.84. The normalized spacial score (nSPS) is 19.5. The zero-order valence-corrected chi connectivity index (χ0v) is 18.8. The van der Waals surface area contributed by atoms with Crippen molar-refractivity contribution in [3.8, 4) is 11.5 Å². The second-order valence-corrected chi connectivity index (χ2v) is 8.77. The number of rotatable bonds is 5. The molecule has 0 spiro atoms. The van der Waals surface area contributed by atoms with E-state index in [4.69, 9.17) is 9.15 Å². The highest BCUT2D eigenvalue weighted by molar-refractivity contribution is 5.79. The molecule has 1 aliphatic rings. The van der Waals surface area contributed by atoms with E-state index in [1.165, 1.54) is 0 Å². The molecule has 0 bridgehead atoms. The maximum Gasteiger partial charge on any atom is 0.407 e. The molecule has 1 amide bonds. The number of hydrogen-bond acceptors (Lipinski definition) is 5. The number of benzene rings is 1. The van der Waals surface area contributed by atoms with E-state index in [9.17, 15) is 4.79 Å². The van der Waals surface area contributed by atoms with Crippen molar-refractivity contribution in [3.63, 3.8) is 0 Å². The summed E-state index contributed by atoms with van der Waals surface area (Å²) in [6.45, 7) is 6.13. The van der Waals surface area contributed by atoms with Crippen LogP contribution in [0.2, 0.25) is 0 Å². The van der Waals surface area contributed by atoms with Crippen molar-refractivity contribution in [1.82, 2.24) is 20.9 Å². The molecule has 1 aromatic carbocycles. The summed E-state index contributed by atoms with van der Waals surface area (Å²) in [6.07, 6.45) is 5.02. The Bertz CT molecular complexity index is 865. The summed E-state index contributed by atoms with van der Waals surface area (Å²) in [5, 5.41) is 9.73. The molecule has 0 atom stereocenters. The first-order chi connectivity index (χ1) is 14.8. The van der Waals surface area contributed by atoms with Gasteiger partial charge in [0.15, 0.2) is 5.96 Å². The number of nitrogens with one attached hydrogen (secondary N) is 3. The van der Waals surface area contributed by atoms with E-state index in [2.05, 4.69) is 25.9 Å². The Morgan fingerprint density at radius 1 is 1.13 bits per heavy atom. The molecule has 8 nitrogen and oxygen atoms in total. The monoisotopic (exact) mass is 427 g/mol. The van der Waals surface area contributed by atoms with E-state index >= 15 is 0 Å². The Hall–Kier alpha value is -3.03. The molecular formula is C23H33N5O3. The van der Waals surface area contributed by atoms with Crippen LogP contribution in [0, 0.1) is 0 Å². The minimum atomic E-state index is -0.479. The van der Waals surface area contributed by atoms with Gasteiger partial charge in [-0.15, -0.1) is 0 Å². The molecule has 168 valence electrons. The summed E-state index contributed by atoms with van der Waals surface area (Å²) in [5.41, 5.74) is 1.28. The maximum atomic E-state index is 12.0. The lowest BCUT2D eigenvalue weighted by Crippen LogP contribution is -2.47. The van der Waals surface area contributed by atoms with Crippen molar-refractivity contribution in [2.24, 2.45) is 4.99 Å². The molecule has 1 fully saturated rings. The number of oxazole rings is 1. The minimum Gasteiger partial charge on any atom is -0.444 e. The molecular weight excluding hydrogens is 394 g/mol. The van der Waals surface area contributed by atoms with Crippen LogP contribution < -0.4 is 16.0 Å². The summed E-state index contributed by atoms with van der Waals surface area (Å²) >= 11 is 0. The average Bonchev–Trinajstić information content (AvgIpc) is 3.21. The molecule has 1 aromatic heterocycles. The van der Waals surface area contributed by atoms with Gasteiger partial charge >= 0.3 is 6.09 Å². The van der Waals surface area contributed by atoms with Crippen LogP contribution in [0.4, 0.5) is 4.79 Å². The highest BCUT2D eigenvalue weighted by atomic mass is 16.6. The lowest BCUT2D eigenvalue weighted by molar-refractivity contribution is 0.0490. The molecule has 31 heavy (non-hydrogen) atoms. The highest BCUT2D eigenvalue weighted by Crippen LogP contribution is 2.20. The van der Waals surface area contributed by atoms with E-state index in [0.717, 1.165) is 42.9 Å². The van der Waals surface area contributed by atoms with Crippen molar-refractivity contribution in [2.45, 2.75) is 70.7 Å². The number of hydrogen-bond donors (Lipinski definition) is 3. The Labute approximate surface area is 183 Å². The number of nitrogens with zero attached hydrogens (tertiary/aromatic N) is 2. The fourth-order valence-electron chi connectivity index (χ4n) is 3.52. The molecule has 3 N–H and O–H groups in total. The van der Waals surface area contributed by atoms with E-state index in [1.807, 2.05) is 51.1 Å². The molecule has 3 rings (SSSR count). The van der Waals surface area contributed by atoms with Gasteiger partial charge in [-0.1, -0.05) is 18.2 Å². The number of alkyl carbamates (subject to hydrolysis) is 1. The Morgan fingerprint density at radius 2 is 1.77 bits per heavy atom. The lowest BCUT2D eigenvalue weighted by atomic mass is 9.91. The summed E-state index contributed by atoms with van der Waals surface area (Å²) in [4.78, 5) is 20.8. The third-order valence-corrected chi connectivity index (χ3v) is 5.02. The molecule has 2 aromatic rings. The molecule has 1 heterocycles. The molecule has 1 aliphatic carbocycles. The average molecular weight is 428 g/mol. The van der Waals surface area contributed by atoms with Gasteiger partial charge in [0, 0.05) is 24.7 Å². The Kier molecular flexibility index (Phi) is 7.55. The Morgan fingerprint density at radius 3 is 2.39 bits per heavy atom. The molecule has 0 saturated heterocycles. The number of carbonyl (C=O) groups excluding carboxylic acids is 1. The van der Waals surface area contributed by atoms with Crippen molar-refractivity contribution < 1.29 is 13.9 Å². The van der Waals surface area contributed by atoms with Gasteiger partial charge in [0.25, 0.3) is 0 Å². The van der Waals surface area contributed by atoms with Gasteiger partial charge in [-0.25, -0.2) is 9.78 Å². The number of aromatic nitrogens is 1. The molecule has 1 saturated carbocycles. The first-order valence-corrected chi connectivity index (χ1v) is 10.8. The zero-order valence-electron chi connectivity index (χ0n) is 18.8. The summed E-state index contributed by atoms with van der Waals surface area (Å²) < 4.78 is 10.9. The first kappa shape index (κ1) is 22.7. The van der Waals surface area contributed by atoms with E-state index in [-0.39, 0.29) is 12.1 Å². The number of amides is 1. The van der Waals surface area contributed by atoms with Crippen LogP contribution in [0.5, 0.6) is 0 Å². The molecule has 0 radical (unpaired) electrons. The smallest absolute Gasteiger partial charge is 0.407 e. The van der Waals surface area contributed by atoms with E-state index < -0.39 is 5.60 Å². The third-order valence-electron chi connectivity index (χ3n) is 5.02. The minimum absolute atomic E-state index is 0.148. The quantitative estimate of drug-likeness (QED) is 0.495. The number of guanidine groups is 1. The van der Waals surface area contributed by atoms with Crippen molar-refractivity contribution >= 4 is 12.1 Å². The van der Waals surface area contributed by atoms with Crippen LogP contribution in [0.15, 0.2) is 46.0 Å². The van der Waals surface area contributed by atoms with Crippen molar-refractivity contribution in [3.05, 3.63) is 42.3 Å². The topological polar surface area (TPSA) is 101 Å². The standard InChI is InChI=1S/C23H33N5O3/c1-23(2,3)31-22(29)28-18-12-10-17(11-13-18)27-21(24-4)25-14-19-15-30-20(26-19)16-8-6-5-7-9-16/h5-9,15,17-18H,10-14H2,1-4H3,(H,28,29)(H2,24,25,27). The SMILES string of the molecule is CN=C(NCc1coc(-c2ccccc2)n1)NC1CCC(NC(=O)OC(C)(C)C)CC1. The summed E-state index contributed by atoms with van der Waals surface area (Å²) in [6, 6.07) is 10.3. The Balaban J connectivity index is 1.41. The highest BCUT2D eigenvalue weighted by Gasteiger charge is 2.25. The van der Waals surface area contributed by atoms with Gasteiger partial charge in [0.1, 0.15) is 11.9 Å². The van der Waals surface area contributed by atoms with Gasteiger partial charge < -0.3 is 25.1 Å². The largest absolute Gasteiger partial charge is 0.444 e. The van der Waals surface area contributed by atoms with Crippen LogP contribution in [-0.2, 0) is 11.3 Å². The van der Waals surface area contributed by atoms with Gasteiger partial charge in [-0.3, -0.25) is 4.99 Å². The van der Waals surface area contributed by atoms with Gasteiger partial charge in [0.2, 0.25) is 5.89 Å². The maximum absolute atomic E-state index is 12.0.